The second-order valence-corrected chi connectivity index (χ2v) is 4.74. The van der Waals surface area contributed by atoms with Crippen LogP contribution in [0.15, 0.2) is 12.3 Å². The number of halogens is 1. The molecule has 0 unspecified atom stereocenters. The van der Waals surface area contributed by atoms with Crippen LogP contribution in [0.1, 0.15) is 29.6 Å². The maximum atomic E-state index is 13.0. The Hall–Kier alpha value is -1.69. The lowest BCUT2D eigenvalue weighted by Crippen LogP contribution is -2.37. The van der Waals surface area contributed by atoms with Crippen molar-refractivity contribution in [3.05, 3.63) is 23.6 Å². The van der Waals surface area contributed by atoms with Gasteiger partial charge in [-0.25, -0.2) is 9.37 Å². The number of likely N-dealkylation sites (tertiary alicyclic amines) is 1. The predicted molar refractivity (Wildman–Crippen MR) is 71.2 cm³/mol. The fourth-order valence-corrected chi connectivity index (χ4v) is 2.24. The highest BCUT2D eigenvalue weighted by atomic mass is 19.1. The first-order chi connectivity index (χ1) is 9.16. The highest BCUT2D eigenvalue weighted by molar-refractivity contribution is 5.98. The van der Waals surface area contributed by atoms with Crippen molar-refractivity contribution in [2.75, 3.05) is 31.9 Å². The molecule has 0 saturated carbocycles. The van der Waals surface area contributed by atoms with Gasteiger partial charge >= 0.3 is 0 Å². The van der Waals surface area contributed by atoms with Crippen LogP contribution in [0.25, 0.3) is 0 Å². The van der Waals surface area contributed by atoms with Crippen LogP contribution in [-0.2, 0) is 0 Å². The molecular weight excluding hydrogens is 247 g/mol. The van der Waals surface area contributed by atoms with E-state index in [1.807, 2.05) is 0 Å². The van der Waals surface area contributed by atoms with Gasteiger partial charge in [0.2, 0.25) is 0 Å². The molecule has 5 nitrogen and oxygen atoms in total. The SMILES string of the molecule is Nc1ncc(F)cc1C(=O)NCCN1CCCCC1. The number of piperidine rings is 1. The summed E-state index contributed by atoms with van der Waals surface area (Å²) in [5.41, 5.74) is 5.65. The molecule has 0 aliphatic carbocycles. The molecule has 104 valence electrons. The number of hydrogen-bond donors (Lipinski definition) is 2. The number of nitrogens with one attached hydrogen (secondary N) is 1. The van der Waals surface area contributed by atoms with Gasteiger partial charge in [-0.3, -0.25) is 4.79 Å². The Balaban J connectivity index is 1.82. The first-order valence-corrected chi connectivity index (χ1v) is 6.58. The first-order valence-electron chi connectivity index (χ1n) is 6.58. The number of amides is 1. The van der Waals surface area contributed by atoms with Gasteiger partial charge < -0.3 is 16.0 Å². The molecule has 0 atom stereocenters. The Morgan fingerprint density at radius 2 is 2.16 bits per heavy atom. The van der Waals surface area contributed by atoms with Crippen LogP contribution in [-0.4, -0.2) is 42.0 Å². The Bertz CT molecular complexity index is 446. The topological polar surface area (TPSA) is 71.2 Å². The first kappa shape index (κ1) is 13.7. The average Bonchev–Trinajstić information content (AvgIpc) is 2.42. The number of rotatable bonds is 4. The maximum absolute atomic E-state index is 13.0. The fraction of sp³-hybridized carbons (Fsp3) is 0.538. The molecule has 0 spiro atoms. The molecule has 0 aromatic carbocycles. The summed E-state index contributed by atoms with van der Waals surface area (Å²) in [6.07, 6.45) is 4.72. The van der Waals surface area contributed by atoms with E-state index >= 15 is 0 Å². The summed E-state index contributed by atoms with van der Waals surface area (Å²) < 4.78 is 13.0. The monoisotopic (exact) mass is 266 g/mol. The van der Waals surface area contributed by atoms with Gasteiger partial charge in [-0.1, -0.05) is 6.42 Å². The van der Waals surface area contributed by atoms with Crippen LogP contribution in [0.3, 0.4) is 0 Å². The molecule has 1 aromatic rings. The lowest BCUT2D eigenvalue weighted by Gasteiger charge is -2.26. The minimum absolute atomic E-state index is 0.0527. The van der Waals surface area contributed by atoms with Gasteiger partial charge in [0.05, 0.1) is 11.8 Å². The molecule has 1 fully saturated rings. The number of hydrogen-bond acceptors (Lipinski definition) is 4. The zero-order valence-electron chi connectivity index (χ0n) is 10.9. The van der Waals surface area contributed by atoms with E-state index in [-0.39, 0.29) is 17.3 Å². The van der Waals surface area contributed by atoms with Crippen LogP contribution in [0.2, 0.25) is 0 Å². The summed E-state index contributed by atoms with van der Waals surface area (Å²) >= 11 is 0. The van der Waals surface area contributed by atoms with E-state index in [9.17, 15) is 9.18 Å². The van der Waals surface area contributed by atoms with Crippen molar-refractivity contribution in [1.29, 1.82) is 0 Å². The van der Waals surface area contributed by atoms with Crippen molar-refractivity contribution < 1.29 is 9.18 Å². The number of aromatic nitrogens is 1. The van der Waals surface area contributed by atoms with Gasteiger partial charge in [-0.15, -0.1) is 0 Å². The van der Waals surface area contributed by atoms with Gasteiger partial charge in [-0.05, 0) is 32.0 Å². The van der Waals surface area contributed by atoms with E-state index in [0.29, 0.717) is 6.54 Å². The standard InChI is InChI=1S/C13H19FN4O/c14-10-8-11(12(15)17-9-10)13(19)16-4-7-18-5-2-1-3-6-18/h8-9H,1-7H2,(H2,15,17)(H,16,19). The molecule has 3 N–H and O–H groups in total. The number of nitrogens with two attached hydrogens (primary N) is 1. The second-order valence-electron chi connectivity index (χ2n) is 4.74. The summed E-state index contributed by atoms with van der Waals surface area (Å²) in [4.78, 5) is 17.8. The number of pyridine rings is 1. The minimum atomic E-state index is -0.560. The molecule has 0 bridgehead atoms. The van der Waals surface area contributed by atoms with Crippen molar-refractivity contribution in [2.24, 2.45) is 0 Å². The number of nitrogen functional groups attached to an aromatic ring is 1. The van der Waals surface area contributed by atoms with Gasteiger partial charge in [-0.2, -0.15) is 0 Å². The number of carbonyl (C=O) groups is 1. The quantitative estimate of drug-likeness (QED) is 0.853. The highest BCUT2D eigenvalue weighted by Crippen LogP contribution is 2.10. The normalized spacial score (nSPS) is 16.3. The molecular formula is C13H19FN4O. The van der Waals surface area contributed by atoms with Gasteiger partial charge in [0, 0.05) is 13.1 Å². The Morgan fingerprint density at radius 3 is 2.89 bits per heavy atom. The Morgan fingerprint density at radius 1 is 1.42 bits per heavy atom. The van der Waals surface area contributed by atoms with Crippen molar-refractivity contribution in [3.8, 4) is 0 Å². The van der Waals surface area contributed by atoms with Gasteiger partial charge in [0.15, 0.2) is 0 Å². The molecule has 19 heavy (non-hydrogen) atoms. The molecule has 1 aliphatic rings. The van der Waals surface area contributed by atoms with Crippen molar-refractivity contribution >= 4 is 11.7 Å². The number of anilines is 1. The van der Waals surface area contributed by atoms with Crippen molar-refractivity contribution in [2.45, 2.75) is 19.3 Å². The van der Waals surface area contributed by atoms with Crippen molar-refractivity contribution in [3.63, 3.8) is 0 Å². The molecule has 2 heterocycles. The van der Waals surface area contributed by atoms with E-state index in [2.05, 4.69) is 15.2 Å². The van der Waals surface area contributed by atoms with E-state index in [1.165, 1.54) is 19.3 Å². The molecule has 2 rings (SSSR count). The maximum Gasteiger partial charge on any atom is 0.255 e. The summed E-state index contributed by atoms with van der Waals surface area (Å²) in [5, 5.41) is 2.75. The summed E-state index contributed by atoms with van der Waals surface area (Å²) in [7, 11) is 0. The van der Waals surface area contributed by atoms with E-state index in [4.69, 9.17) is 5.73 Å². The fourth-order valence-electron chi connectivity index (χ4n) is 2.24. The lowest BCUT2D eigenvalue weighted by atomic mass is 10.1. The lowest BCUT2D eigenvalue weighted by molar-refractivity contribution is 0.0946. The summed E-state index contributed by atoms with van der Waals surface area (Å²) in [5.74, 6) is -0.881. The van der Waals surface area contributed by atoms with Gasteiger partial charge in [0.1, 0.15) is 11.6 Å². The van der Waals surface area contributed by atoms with Crippen LogP contribution >= 0.6 is 0 Å². The number of nitrogens with zero attached hydrogens (tertiary/aromatic N) is 2. The molecule has 1 saturated heterocycles. The largest absolute Gasteiger partial charge is 0.383 e. The Kier molecular flexibility index (Phi) is 4.68. The predicted octanol–water partition coefficient (Wildman–Crippen LogP) is 1.02. The van der Waals surface area contributed by atoms with E-state index in [1.54, 1.807) is 0 Å². The van der Waals surface area contributed by atoms with Crippen LogP contribution in [0, 0.1) is 5.82 Å². The average molecular weight is 266 g/mol. The van der Waals surface area contributed by atoms with Crippen LogP contribution in [0.4, 0.5) is 10.2 Å². The molecule has 1 aromatic heterocycles. The zero-order chi connectivity index (χ0) is 13.7. The molecule has 1 amide bonds. The summed E-state index contributed by atoms with van der Waals surface area (Å²) in [6, 6.07) is 1.11. The van der Waals surface area contributed by atoms with E-state index in [0.717, 1.165) is 31.9 Å². The third kappa shape index (κ3) is 3.89. The second kappa shape index (κ2) is 6.47. The van der Waals surface area contributed by atoms with Crippen LogP contribution in [0.5, 0.6) is 0 Å². The molecule has 1 aliphatic heterocycles. The zero-order valence-corrected chi connectivity index (χ0v) is 10.9. The third-order valence-corrected chi connectivity index (χ3v) is 3.29. The summed E-state index contributed by atoms with van der Waals surface area (Å²) in [6.45, 7) is 3.52. The van der Waals surface area contributed by atoms with E-state index < -0.39 is 5.82 Å². The Labute approximate surface area is 112 Å². The minimum Gasteiger partial charge on any atom is -0.383 e. The molecule has 0 radical (unpaired) electrons. The molecule has 6 heteroatoms. The van der Waals surface area contributed by atoms with Crippen molar-refractivity contribution in [1.82, 2.24) is 15.2 Å². The van der Waals surface area contributed by atoms with Crippen LogP contribution < -0.4 is 11.1 Å². The smallest absolute Gasteiger partial charge is 0.255 e. The number of carbonyl (C=O) groups excluding carboxylic acids is 1. The van der Waals surface area contributed by atoms with Gasteiger partial charge in [0.25, 0.3) is 5.91 Å². The third-order valence-electron chi connectivity index (χ3n) is 3.29. The highest BCUT2D eigenvalue weighted by Gasteiger charge is 2.13.